The Kier molecular flexibility index (Phi) is 7.39. The predicted molar refractivity (Wildman–Crippen MR) is 245 cm³/mol. The fraction of sp³-hybridized carbons (Fsp3) is 0.0741. The maximum atomic E-state index is 6.72. The molecule has 0 radical (unpaired) electrons. The van der Waals surface area contributed by atoms with Crippen LogP contribution in [0.15, 0.2) is 182 Å². The van der Waals surface area contributed by atoms with Gasteiger partial charge in [0.1, 0.15) is 17.3 Å². The van der Waals surface area contributed by atoms with Crippen LogP contribution in [0.5, 0.6) is 11.5 Å². The standard InChI is InChI=1S/C54H39N5O/c1-54(2,3)35-28-29-55-52(30-35)58-46-22-8-6-18-41(46)43-27-26-38(32-50(43)58)60-37-15-12-14-36(31-37)56-33-51-40-17-5-4-16-39(40)44-20-13-21-45-42-19-7-9-23-47(42)59(53(44)45)49-25-11-10-24-48(49)57(51)34-56/h4-33H,1-3H3. The molecule has 5 aromatic heterocycles. The number of imidazole rings is 1. The lowest BCUT2D eigenvalue weighted by molar-refractivity contribution is -0.485. The molecule has 0 aliphatic heterocycles. The number of para-hydroxylation sites is 5. The zero-order valence-corrected chi connectivity index (χ0v) is 33.5. The third-order valence-electron chi connectivity index (χ3n) is 12.1. The van der Waals surface area contributed by atoms with E-state index in [4.69, 9.17) is 9.72 Å². The number of aromatic nitrogens is 5. The Labute approximate surface area is 346 Å². The zero-order valence-electron chi connectivity index (χ0n) is 33.5. The Morgan fingerprint density at radius 3 is 1.97 bits per heavy atom. The summed E-state index contributed by atoms with van der Waals surface area (Å²) in [4.78, 5) is 4.87. The Hall–Kier alpha value is -7.70. The van der Waals surface area contributed by atoms with Crippen LogP contribution in [-0.2, 0) is 5.41 Å². The number of hydrogen-bond donors (Lipinski definition) is 0. The molecule has 7 aromatic carbocycles. The monoisotopic (exact) mass is 773 g/mol. The van der Waals surface area contributed by atoms with Crippen molar-refractivity contribution in [2.75, 3.05) is 0 Å². The van der Waals surface area contributed by atoms with E-state index in [1.165, 1.54) is 43.5 Å². The molecule has 0 saturated carbocycles. The SMILES string of the molecule is CC(C)(C)c1ccnc(-n2c3ccccc3c3ccc(Oc4cccc(-n5[c-][n+]6c(c5)c5ccccc5c5cccc7c8ccccc8n(c8ccccc86)c57)c4)cc32)c1. The van der Waals surface area contributed by atoms with Crippen LogP contribution in [-0.4, -0.2) is 18.5 Å². The summed E-state index contributed by atoms with van der Waals surface area (Å²) in [5.41, 5.74) is 9.86. The summed E-state index contributed by atoms with van der Waals surface area (Å²) in [5.74, 6) is 2.37. The highest BCUT2D eigenvalue weighted by molar-refractivity contribution is 6.21. The highest BCUT2D eigenvalue weighted by Gasteiger charge is 2.19. The summed E-state index contributed by atoms with van der Waals surface area (Å²) in [5, 5.41) is 8.30. The van der Waals surface area contributed by atoms with E-state index in [0.29, 0.717) is 0 Å². The van der Waals surface area contributed by atoms with Gasteiger partial charge in [0.15, 0.2) is 0 Å². The Morgan fingerprint density at radius 2 is 1.15 bits per heavy atom. The first-order valence-electron chi connectivity index (χ1n) is 20.5. The third kappa shape index (κ3) is 5.20. The molecule has 6 heteroatoms. The second-order valence-corrected chi connectivity index (χ2v) is 16.7. The summed E-state index contributed by atoms with van der Waals surface area (Å²) < 4.78 is 15.7. The van der Waals surface area contributed by atoms with Gasteiger partial charge in [0.25, 0.3) is 6.33 Å². The predicted octanol–water partition coefficient (Wildman–Crippen LogP) is 13.0. The van der Waals surface area contributed by atoms with E-state index in [0.717, 1.165) is 61.4 Å². The minimum Gasteiger partial charge on any atom is -0.458 e. The fourth-order valence-corrected chi connectivity index (χ4v) is 9.25. The minimum absolute atomic E-state index is 0.00913. The molecular weight excluding hydrogens is 735 g/mol. The second kappa shape index (κ2) is 12.9. The lowest BCUT2D eigenvalue weighted by atomic mass is 9.88. The van der Waals surface area contributed by atoms with E-state index in [9.17, 15) is 0 Å². The summed E-state index contributed by atoms with van der Waals surface area (Å²) in [6.45, 7) is 6.71. The average Bonchev–Trinajstić information content (AvgIpc) is 3.97. The first-order valence-corrected chi connectivity index (χ1v) is 20.5. The van der Waals surface area contributed by atoms with E-state index in [1.807, 2.05) is 18.3 Å². The van der Waals surface area contributed by atoms with Crippen molar-refractivity contribution in [3.8, 4) is 23.0 Å². The van der Waals surface area contributed by atoms with Crippen LogP contribution in [0.3, 0.4) is 0 Å². The van der Waals surface area contributed by atoms with E-state index in [2.05, 4.69) is 209 Å². The maximum absolute atomic E-state index is 6.72. The number of nitrogens with zero attached hydrogens (tertiary/aromatic N) is 5. The number of hydrogen-bond acceptors (Lipinski definition) is 2. The summed E-state index contributed by atoms with van der Waals surface area (Å²) in [6, 6.07) is 60.2. The van der Waals surface area contributed by atoms with Gasteiger partial charge in [-0.15, -0.1) is 0 Å². The smallest absolute Gasteiger partial charge is 0.269 e. The van der Waals surface area contributed by atoms with E-state index >= 15 is 0 Å². The molecule has 6 nitrogen and oxygen atoms in total. The van der Waals surface area contributed by atoms with Crippen LogP contribution in [0.2, 0.25) is 0 Å². The first kappa shape index (κ1) is 34.4. The molecule has 0 N–H and O–H groups in total. The van der Waals surface area contributed by atoms with Crippen molar-refractivity contribution in [3.05, 3.63) is 194 Å². The van der Waals surface area contributed by atoms with Crippen molar-refractivity contribution >= 4 is 76.3 Å². The van der Waals surface area contributed by atoms with Crippen molar-refractivity contribution in [2.45, 2.75) is 26.2 Å². The van der Waals surface area contributed by atoms with Crippen molar-refractivity contribution in [1.82, 2.24) is 18.5 Å². The molecule has 12 rings (SSSR count). The fourth-order valence-electron chi connectivity index (χ4n) is 9.25. The van der Waals surface area contributed by atoms with Crippen LogP contribution in [0.25, 0.3) is 87.8 Å². The molecule has 0 atom stereocenters. The average molecular weight is 774 g/mol. The maximum Gasteiger partial charge on any atom is 0.269 e. The van der Waals surface area contributed by atoms with Gasteiger partial charge in [-0.2, -0.15) is 0 Å². The van der Waals surface area contributed by atoms with Crippen molar-refractivity contribution in [1.29, 1.82) is 0 Å². The highest BCUT2D eigenvalue weighted by Crippen LogP contribution is 2.38. The molecule has 5 heterocycles. The van der Waals surface area contributed by atoms with Gasteiger partial charge in [-0.05, 0) is 88.5 Å². The van der Waals surface area contributed by atoms with Crippen LogP contribution >= 0.6 is 0 Å². The van der Waals surface area contributed by atoms with Gasteiger partial charge in [-0.25, -0.2) is 4.98 Å². The number of fused-ring (bicyclic) bond motifs is 13. The molecule has 0 unspecified atom stereocenters. The van der Waals surface area contributed by atoms with Gasteiger partial charge in [-0.3, -0.25) is 13.5 Å². The highest BCUT2D eigenvalue weighted by atomic mass is 16.5. The molecule has 286 valence electrons. The zero-order chi connectivity index (χ0) is 40.1. The third-order valence-corrected chi connectivity index (χ3v) is 12.1. The van der Waals surface area contributed by atoms with Gasteiger partial charge >= 0.3 is 0 Å². The normalized spacial score (nSPS) is 12.2. The topological polar surface area (TPSA) is 40.5 Å². The van der Waals surface area contributed by atoms with Crippen molar-refractivity contribution < 1.29 is 9.14 Å². The second-order valence-electron chi connectivity index (χ2n) is 16.7. The van der Waals surface area contributed by atoms with E-state index < -0.39 is 0 Å². The molecule has 60 heavy (non-hydrogen) atoms. The Bertz CT molecular complexity index is 3750. The van der Waals surface area contributed by atoms with Crippen molar-refractivity contribution in [2.24, 2.45) is 0 Å². The molecule has 0 bridgehead atoms. The molecule has 0 amide bonds. The lowest BCUT2D eigenvalue weighted by Crippen LogP contribution is -2.20. The van der Waals surface area contributed by atoms with Gasteiger partial charge in [0.05, 0.1) is 44.3 Å². The Balaban J connectivity index is 1.04. The van der Waals surface area contributed by atoms with Gasteiger partial charge < -0.3 is 9.14 Å². The van der Waals surface area contributed by atoms with Crippen LogP contribution in [0, 0.1) is 6.33 Å². The lowest BCUT2D eigenvalue weighted by Gasteiger charge is -2.20. The summed E-state index contributed by atoms with van der Waals surface area (Å²) >= 11 is 0. The van der Waals surface area contributed by atoms with E-state index in [1.54, 1.807) is 0 Å². The largest absolute Gasteiger partial charge is 0.458 e. The molecule has 12 aromatic rings. The molecule has 0 aliphatic rings. The summed E-state index contributed by atoms with van der Waals surface area (Å²) in [7, 11) is 0. The number of benzene rings is 7. The summed E-state index contributed by atoms with van der Waals surface area (Å²) in [6.07, 6.45) is 7.87. The van der Waals surface area contributed by atoms with Gasteiger partial charge in [0, 0.05) is 45.4 Å². The molecule has 0 spiro atoms. The molecule has 0 aliphatic carbocycles. The Morgan fingerprint density at radius 1 is 0.517 bits per heavy atom. The van der Waals surface area contributed by atoms with E-state index in [-0.39, 0.29) is 5.41 Å². The van der Waals surface area contributed by atoms with Crippen LogP contribution in [0.1, 0.15) is 26.3 Å². The number of rotatable bonds is 4. The molecule has 0 saturated heterocycles. The molecule has 0 fully saturated rings. The number of ether oxygens (including phenoxy) is 1. The number of pyridine rings is 1. The van der Waals surface area contributed by atoms with Crippen LogP contribution in [0.4, 0.5) is 0 Å². The quantitative estimate of drug-likeness (QED) is 0.132. The molecular formula is C54H39N5O. The minimum atomic E-state index is -0.00913. The van der Waals surface area contributed by atoms with Crippen molar-refractivity contribution in [3.63, 3.8) is 0 Å². The van der Waals surface area contributed by atoms with Crippen LogP contribution < -0.4 is 9.14 Å². The van der Waals surface area contributed by atoms with Gasteiger partial charge in [0.2, 0.25) is 0 Å². The first-order chi connectivity index (χ1) is 29.4. The van der Waals surface area contributed by atoms with Gasteiger partial charge in [-0.1, -0.05) is 118 Å².